The highest BCUT2D eigenvalue weighted by Crippen LogP contribution is 2.27. The van der Waals surface area contributed by atoms with Gasteiger partial charge in [-0.25, -0.2) is 0 Å². The largest absolute Gasteiger partial charge is 0.491 e. The van der Waals surface area contributed by atoms with Crippen LogP contribution in [-0.2, 0) is 43.2 Å². The Morgan fingerprint density at radius 3 is 1.88 bits per heavy atom. The fourth-order valence-electron chi connectivity index (χ4n) is 7.55. The molecule has 2 aromatic carbocycles. The van der Waals surface area contributed by atoms with E-state index >= 15 is 0 Å². The first kappa shape index (κ1) is 63.4. The monoisotopic (exact) mass is 1060 g/mol. The first-order valence-electron chi connectivity index (χ1n) is 24.1. The van der Waals surface area contributed by atoms with Crippen molar-refractivity contribution in [1.29, 1.82) is 0 Å². The van der Waals surface area contributed by atoms with Gasteiger partial charge < -0.3 is 73.5 Å². The maximum absolute atomic E-state index is 14.1. The number of aliphatic carboxylic acids is 5. The Labute approximate surface area is 433 Å². The molecule has 5 atom stereocenters. The van der Waals surface area contributed by atoms with Gasteiger partial charge in [0.1, 0.15) is 30.7 Å². The van der Waals surface area contributed by atoms with Gasteiger partial charge in [0.2, 0.25) is 17.7 Å². The summed E-state index contributed by atoms with van der Waals surface area (Å²) in [5.41, 5.74) is 17.5. The molecule has 75 heavy (non-hydrogen) atoms. The predicted molar refractivity (Wildman–Crippen MR) is 270 cm³/mol. The second-order valence-electron chi connectivity index (χ2n) is 17.5. The Balaban J connectivity index is 2.49. The molecule has 0 saturated heterocycles. The van der Waals surface area contributed by atoms with Crippen molar-refractivity contribution < 1.29 is 78.2 Å². The first-order valence-corrected chi connectivity index (χ1v) is 24.1. The van der Waals surface area contributed by atoms with Crippen LogP contribution in [0.3, 0.4) is 0 Å². The second kappa shape index (κ2) is 33.9. The number of guanidine groups is 1. The number of unbranched alkanes of at least 4 members (excludes halogenated alkanes) is 1. The number of nitrogens with two attached hydrogens (primary N) is 3. The number of ether oxygens (including phenoxy) is 1. The van der Waals surface area contributed by atoms with E-state index in [1.165, 1.54) is 17.0 Å². The molecule has 0 aliphatic rings. The van der Waals surface area contributed by atoms with Crippen LogP contribution in [0.15, 0.2) is 53.5 Å². The quantitative estimate of drug-likeness (QED) is 0.0150. The van der Waals surface area contributed by atoms with Gasteiger partial charge in [-0.05, 0) is 67.8 Å². The normalized spacial score (nSPS) is 13.1. The summed E-state index contributed by atoms with van der Waals surface area (Å²) in [4.78, 5) is 133. The molecule has 414 valence electrons. The molecule has 0 radical (unpaired) electrons. The molecule has 0 heterocycles. The second-order valence-corrected chi connectivity index (χ2v) is 17.5. The van der Waals surface area contributed by atoms with Crippen LogP contribution in [0.25, 0.3) is 11.1 Å². The summed E-state index contributed by atoms with van der Waals surface area (Å²) in [7, 11) is 0. The van der Waals surface area contributed by atoms with Crippen molar-refractivity contribution in [3.63, 3.8) is 0 Å². The summed E-state index contributed by atoms with van der Waals surface area (Å²) >= 11 is 0. The lowest BCUT2D eigenvalue weighted by molar-refractivity contribution is -0.145. The number of carbonyl (C=O) groups is 10. The van der Waals surface area contributed by atoms with Crippen molar-refractivity contribution in [1.82, 2.24) is 36.0 Å². The number of rotatable bonds is 39. The number of carboxylic acid groups (broad SMARTS) is 5. The van der Waals surface area contributed by atoms with Crippen LogP contribution in [0.2, 0.25) is 0 Å². The highest BCUT2D eigenvalue weighted by molar-refractivity contribution is 6.00. The average molecular weight is 1060 g/mol. The molecule has 2 rings (SSSR count). The van der Waals surface area contributed by atoms with Gasteiger partial charge in [0.25, 0.3) is 5.91 Å². The topological polar surface area (TPSA) is 429 Å². The Hall–Kier alpha value is -7.75. The Kier molecular flexibility index (Phi) is 28.6. The molecule has 27 heteroatoms. The standard InChI is InChI=1S/C48H71N11O16/c1-3-30(2)44(47(74)55-36(13-9-17-52-48(50)51)46(73)54-33(28-60)12-7-8-16-49)56-38(61)21-53-45(72)35-20-32(31-10-5-4-6-11-31)14-15-37(35)75-29-34(59(26-42(68)69)27-43(70)71)22-57(23-39(62)63)18-19-58(24-40(64)65)25-41(66)67/h4-6,10-11,14-15,20,28,30,33-34,36,44H,3,7-9,12-13,16-19,21-27,29,49H2,1-2H3,(H,53,72)(H,54,73)(H,55,74)(H,56,61)(H,62,63)(H,64,65)(H,66,67)(H,68,69)(H,70,71)(H4,50,51,52). The van der Waals surface area contributed by atoms with E-state index in [0.29, 0.717) is 49.6 Å². The van der Waals surface area contributed by atoms with E-state index < -0.39 is 136 Å². The van der Waals surface area contributed by atoms with Crippen molar-refractivity contribution in [2.45, 2.75) is 76.5 Å². The van der Waals surface area contributed by atoms with Crippen molar-refractivity contribution in [2.75, 3.05) is 78.6 Å². The molecule has 0 aliphatic heterocycles. The molecule has 0 saturated carbocycles. The predicted octanol–water partition coefficient (Wildman–Crippen LogP) is -1.96. The fraction of sp³-hybridized carbons (Fsp3) is 0.521. The summed E-state index contributed by atoms with van der Waals surface area (Å²) in [5.74, 6) is -10.9. The number of carbonyl (C=O) groups excluding carboxylic acids is 5. The van der Waals surface area contributed by atoms with Crippen LogP contribution in [0, 0.1) is 5.92 Å². The fourth-order valence-corrected chi connectivity index (χ4v) is 7.55. The zero-order valence-electron chi connectivity index (χ0n) is 42.1. The summed E-state index contributed by atoms with van der Waals surface area (Å²) in [6.45, 7) is -2.17. The van der Waals surface area contributed by atoms with Gasteiger partial charge in [-0.2, -0.15) is 0 Å². The third-order valence-electron chi connectivity index (χ3n) is 11.5. The molecular formula is C48H71N11O16. The van der Waals surface area contributed by atoms with Crippen molar-refractivity contribution in [3.05, 3.63) is 54.1 Å². The molecule has 5 unspecified atom stereocenters. The number of amides is 4. The third kappa shape index (κ3) is 25.2. The highest BCUT2D eigenvalue weighted by Gasteiger charge is 2.32. The molecule has 0 aromatic heterocycles. The smallest absolute Gasteiger partial charge is 0.317 e. The molecular weight excluding hydrogens is 987 g/mol. The van der Waals surface area contributed by atoms with Crippen LogP contribution in [0.5, 0.6) is 5.75 Å². The Morgan fingerprint density at radius 1 is 0.720 bits per heavy atom. The lowest BCUT2D eigenvalue weighted by Gasteiger charge is -2.34. The lowest BCUT2D eigenvalue weighted by atomic mass is 9.97. The Morgan fingerprint density at radius 2 is 1.32 bits per heavy atom. The molecule has 27 nitrogen and oxygen atoms in total. The molecule has 0 fully saturated rings. The van der Waals surface area contributed by atoms with Crippen LogP contribution < -0.4 is 43.2 Å². The van der Waals surface area contributed by atoms with Gasteiger partial charge in [0, 0.05) is 26.2 Å². The van der Waals surface area contributed by atoms with E-state index in [1.807, 2.05) is 0 Å². The molecule has 0 spiro atoms. The number of aldehydes is 1. The van der Waals surface area contributed by atoms with E-state index in [9.17, 15) is 73.5 Å². The highest BCUT2D eigenvalue weighted by atomic mass is 16.5. The van der Waals surface area contributed by atoms with Gasteiger partial charge in [0.15, 0.2) is 5.96 Å². The number of aliphatic imine (C=N–C) groups is 1. The third-order valence-corrected chi connectivity index (χ3v) is 11.5. The van der Waals surface area contributed by atoms with Crippen LogP contribution in [0.1, 0.15) is 62.7 Å². The number of nitrogens with zero attached hydrogens (tertiary/aromatic N) is 4. The summed E-state index contributed by atoms with van der Waals surface area (Å²) in [6, 6.07) is 8.69. The Bertz CT molecular complexity index is 2230. The van der Waals surface area contributed by atoms with E-state index in [1.54, 1.807) is 50.2 Å². The van der Waals surface area contributed by atoms with E-state index in [2.05, 4.69) is 26.3 Å². The zero-order chi connectivity index (χ0) is 56.0. The number of carboxylic acids is 5. The minimum absolute atomic E-state index is 0.0484. The van der Waals surface area contributed by atoms with E-state index in [4.69, 9.17) is 21.9 Å². The van der Waals surface area contributed by atoms with Gasteiger partial charge >= 0.3 is 29.8 Å². The minimum Gasteiger partial charge on any atom is -0.491 e. The van der Waals surface area contributed by atoms with Gasteiger partial charge in [-0.15, -0.1) is 0 Å². The maximum Gasteiger partial charge on any atom is 0.317 e. The number of hydrogen-bond donors (Lipinski definition) is 12. The molecule has 0 aliphatic carbocycles. The van der Waals surface area contributed by atoms with Crippen molar-refractivity contribution >= 4 is 65.7 Å². The number of benzene rings is 2. The summed E-state index contributed by atoms with van der Waals surface area (Å²) in [5, 5.41) is 58.4. The number of hydrogen-bond acceptors (Lipinski definition) is 16. The summed E-state index contributed by atoms with van der Waals surface area (Å²) < 4.78 is 6.14. The molecule has 4 amide bonds. The lowest BCUT2D eigenvalue weighted by Crippen LogP contribution is -2.57. The molecule has 0 bridgehead atoms. The van der Waals surface area contributed by atoms with Crippen LogP contribution >= 0.6 is 0 Å². The summed E-state index contributed by atoms with van der Waals surface area (Å²) in [6.07, 6.45) is 2.75. The van der Waals surface area contributed by atoms with Gasteiger partial charge in [-0.1, -0.05) is 56.7 Å². The van der Waals surface area contributed by atoms with Crippen molar-refractivity contribution in [2.24, 2.45) is 28.1 Å². The van der Waals surface area contributed by atoms with E-state index in [0.717, 1.165) is 9.80 Å². The molecule has 2 aromatic rings. The molecule has 15 N–H and O–H groups in total. The maximum atomic E-state index is 14.1. The van der Waals surface area contributed by atoms with Gasteiger partial charge in [-0.3, -0.25) is 62.8 Å². The zero-order valence-corrected chi connectivity index (χ0v) is 42.1. The first-order chi connectivity index (χ1) is 35.6. The van der Waals surface area contributed by atoms with E-state index in [-0.39, 0.29) is 49.7 Å². The van der Waals surface area contributed by atoms with Crippen LogP contribution in [-0.4, -0.2) is 209 Å². The van der Waals surface area contributed by atoms with Gasteiger partial charge in [0.05, 0.1) is 56.9 Å². The SMILES string of the molecule is CCC(C)C(NC(=O)CNC(=O)c1cc(-c2ccccc2)ccc1OCC(CN(CCN(CC(=O)O)CC(=O)O)CC(=O)O)N(CC(=O)O)CC(=O)O)C(=O)NC(CCCN=C(N)N)C(=O)NC(C=O)CCCCN. The van der Waals surface area contributed by atoms with Crippen LogP contribution in [0.4, 0.5) is 0 Å². The number of nitrogens with one attached hydrogen (secondary N) is 4. The average Bonchev–Trinajstić information content (AvgIpc) is 3.34. The minimum atomic E-state index is -1.46. The van der Waals surface area contributed by atoms with Crippen molar-refractivity contribution in [3.8, 4) is 16.9 Å².